The Morgan fingerprint density at radius 3 is 2.41 bits per heavy atom. The number of aliphatic carboxylic acids is 1. The minimum absolute atomic E-state index is 0.0422. The molecule has 124 valence electrons. The molecule has 0 aromatic carbocycles. The van der Waals surface area contributed by atoms with Gasteiger partial charge in [-0.15, -0.1) is 0 Å². The molecule has 1 amide bonds. The molecule has 0 radical (unpaired) electrons. The zero-order valence-electron chi connectivity index (χ0n) is 12.7. The van der Waals surface area contributed by atoms with E-state index in [4.69, 9.17) is 9.47 Å². The average Bonchev–Trinajstić information content (AvgIpc) is 3.05. The maximum Gasteiger partial charge on any atom is 0.326 e. The Morgan fingerprint density at radius 1 is 1.32 bits per heavy atom. The Hall–Kier alpha value is -0.790. The summed E-state index contributed by atoms with van der Waals surface area (Å²) in [6.07, 6.45) is 4.42. The summed E-state index contributed by atoms with van der Waals surface area (Å²) in [6, 6.07) is -0.880. The Balaban J connectivity index is 1.78. The number of likely N-dealkylation sites (tertiary alicyclic amines) is 1. The molecule has 6 nitrogen and oxygen atoms in total. The normalized spacial score (nSPS) is 39.0. The van der Waals surface area contributed by atoms with E-state index in [9.17, 15) is 14.7 Å². The first kappa shape index (κ1) is 16.1. The number of hydrogen-bond acceptors (Lipinski definition) is 5. The first-order chi connectivity index (χ1) is 10.5. The highest BCUT2D eigenvalue weighted by Gasteiger charge is 2.57. The number of carbonyl (C=O) groups is 2. The van der Waals surface area contributed by atoms with Gasteiger partial charge >= 0.3 is 5.97 Å². The molecule has 3 aliphatic rings. The molecule has 1 aliphatic carbocycles. The largest absolute Gasteiger partial charge is 0.480 e. The molecule has 0 aromatic rings. The number of fused-ring (bicyclic) bond motifs is 1. The third kappa shape index (κ3) is 2.74. The third-order valence-electron chi connectivity index (χ3n) is 4.93. The molecular formula is C15H23NO5S. The summed E-state index contributed by atoms with van der Waals surface area (Å²) in [7, 11) is 0. The van der Waals surface area contributed by atoms with Gasteiger partial charge < -0.3 is 19.5 Å². The van der Waals surface area contributed by atoms with Crippen LogP contribution in [0.15, 0.2) is 0 Å². The average molecular weight is 329 g/mol. The molecule has 3 unspecified atom stereocenters. The number of thiol groups is 1. The number of amides is 1. The summed E-state index contributed by atoms with van der Waals surface area (Å²) < 4.78 is 12.2. The van der Waals surface area contributed by atoms with Gasteiger partial charge in [0.2, 0.25) is 5.91 Å². The monoisotopic (exact) mass is 329 g/mol. The Morgan fingerprint density at radius 2 is 1.91 bits per heavy atom. The Labute approximate surface area is 135 Å². The van der Waals surface area contributed by atoms with Gasteiger partial charge in [0, 0.05) is 18.1 Å². The number of carbonyl (C=O) groups excluding carboxylic acids is 1. The Kier molecular flexibility index (Phi) is 4.40. The standard InChI is InChI=1S/C15H23NO5S/c1-9(7-22)13(17)16-8-15(6-10(16)14(18)19)20-11-4-2-3-5-12(11)21-15/h9-12,22H,2-8H2,1H3,(H,18,19)/t9?,10-,11?,12?,15?/m0/s1. The smallest absolute Gasteiger partial charge is 0.326 e. The van der Waals surface area contributed by atoms with Crippen molar-refractivity contribution in [3.05, 3.63) is 0 Å². The van der Waals surface area contributed by atoms with Gasteiger partial charge in [0.15, 0.2) is 5.79 Å². The van der Waals surface area contributed by atoms with E-state index in [0.29, 0.717) is 5.75 Å². The number of nitrogens with zero attached hydrogens (tertiary/aromatic N) is 1. The van der Waals surface area contributed by atoms with Crippen molar-refractivity contribution in [2.45, 2.75) is 63.1 Å². The molecular weight excluding hydrogens is 306 g/mol. The maximum atomic E-state index is 12.4. The predicted octanol–water partition coefficient (Wildman–Crippen LogP) is 1.29. The van der Waals surface area contributed by atoms with Crippen LogP contribution in [-0.4, -0.2) is 58.2 Å². The van der Waals surface area contributed by atoms with Crippen LogP contribution in [0.25, 0.3) is 0 Å². The first-order valence-corrected chi connectivity index (χ1v) is 8.59. The second kappa shape index (κ2) is 6.02. The molecule has 1 saturated carbocycles. The third-order valence-corrected chi connectivity index (χ3v) is 5.48. The molecule has 0 bridgehead atoms. The molecule has 2 saturated heterocycles. The first-order valence-electron chi connectivity index (χ1n) is 7.95. The fraction of sp³-hybridized carbons (Fsp3) is 0.867. The summed E-state index contributed by atoms with van der Waals surface area (Å²) in [4.78, 5) is 25.4. The molecule has 3 fully saturated rings. The molecule has 22 heavy (non-hydrogen) atoms. The van der Waals surface area contributed by atoms with Crippen LogP contribution in [0.5, 0.6) is 0 Å². The van der Waals surface area contributed by atoms with E-state index in [1.54, 1.807) is 6.92 Å². The van der Waals surface area contributed by atoms with Crippen molar-refractivity contribution in [2.24, 2.45) is 5.92 Å². The van der Waals surface area contributed by atoms with Crippen LogP contribution in [0.1, 0.15) is 39.0 Å². The van der Waals surface area contributed by atoms with Crippen LogP contribution in [0, 0.1) is 5.92 Å². The molecule has 7 heteroatoms. The van der Waals surface area contributed by atoms with Crippen molar-refractivity contribution in [2.75, 3.05) is 12.3 Å². The van der Waals surface area contributed by atoms with E-state index < -0.39 is 17.8 Å². The zero-order valence-corrected chi connectivity index (χ0v) is 13.6. The van der Waals surface area contributed by atoms with Gasteiger partial charge in [-0.3, -0.25) is 4.79 Å². The van der Waals surface area contributed by atoms with Crippen molar-refractivity contribution in [1.29, 1.82) is 0 Å². The number of ether oxygens (including phenoxy) is 2. The van der Waals surface area contributed by atoms with Gasteiger partial charge in [-0.1, -0.05) is 19.8 Å². The van der Waals surface area contributed by atoms with Gasteiger partial charge in [0.25, 0.3) is 0 Å². The number of rotatable bonds is 3. The van der Waals surface area contributed by atoms with Gasteiger partial charge in [0.05, 0.1) is 18.8 Å². The molecule has 0 aromatic heterocycles. The summed E-state index contributed by atoms with van der Waals surface area (Å²) in [6.45, 7) is 1.96. The summed E-state index contributed by atoms with van der Waals surface area (Å²) in [5.41, 5.74) is 0. The number of hydrogen-bond donors (Lipinski definition) is 2. The number of carboxylic acid groups (broad SMARTS) is 1. The maximum absolute atomic E-state index is 12.4. The van der Waals surface area contributed by atoms with Crippen molar-refractivity contribution in [3.63, 3.8) is 0 Å². The quantitative estimate of drug-likeness (QED) is 0.763. The van der Waals surface area contributed by atoms with E-state index in [-0.39, 0.29) is 37.0 Å². The van der Waals surface area contributed by atoms with Crippen LogP contribution in [0.3, 0.4) is 0 Å². The van der Waals surface area contributed by atoms with Crippen LogP contribution in [0.4, 0.5) is 0 Å². The zero-order chi connectivity index (χ0) is 15.9. The van der Waals surface area contributed by atoms with E-state index >= 15 is 0 Å². The summed E-state index contributed by atoms with van der Waals surface area (Å²) >= 11 is 4.14. The van der Waals surface area contributed by atoms with Gasteiger partial charge in [-0.05, 0) is 12.8 Å². The van der Waals surface area contributed by atoms with Crippen LogP contribution in [0.2, 0.25) is 0 Å². The van der Waals surface area contributed by atoms with Gasteiger partial charge in [0.1, 0.15) is 6.04 Å². The minimum atomic E-state index is -1.00. The lowest BCUT2D eigenvalue weighted by Crippen LogP contribution is -2.44. The fourth-order valence-electron chi connectivity index (χ4n) is 3.74. The minimum Gasteiger partial charge on any atom is -0.480 e. The summed E-state index contributed by atoms with van der Waals surface area (Å²) in [5, 5.41) is 9.47. The molecule has 1 spiro atoms. The fourth-order valence-corrected chi connectivity index (χ4v) is 3.89. The van der Waals surface area contributed by atoms with Crippen molar-refractivity contribution >= 4 is 24.5 Å². The van der Waals surface area contributed by atoms with Gasteiger partial charge in [-0.2, -0.15) is 12.6 Å². The highest BCUT2D eigenvalue weighted by Crippen LogP contribution is 2.44. The second-order valence-corrected chi connectivity index (χ2v) is 6.98. The molecule has 2 heterocycles. The SMILES string of the molecule is CC(CS)C(=O)N1CC2(C[C@H]1C(=O)O)OC1CCCCC1O2. The van der Waals surface area contributed by atoms with Crippen LogP contribution in [-0.2, 0) is 19.1 Å². The van der Waals surface area contributed by atoms with E-state index in [2.05, 4.69) is 12.6 Å². The highest BCUT2D eigenvalue weighted by molar-refractivity contribution is 7.80. The lowest BCUT2D eigenvalue weighted by molar-refractivity contribution is -0.168. The van der Waals surface area contributed by atoms with E-state index in [1.807, 2.05) is 0 Å². The van der Waals surface area contributed by atoms with Crippen molar-refractivity contribution < 1.29 is 24.2 Å². The van der Waals surface area contributed by atoms with Crippen LogP contribution < -0.4 is 0 Å². The van der Waals surface area contributed by atoms with Crippen molar-refractivity contribution in [3.8, 4) is 0 Å². The van der Waals surface area contributed by atoms with E-state index in [0.717, 1.165) is 25.7 Å². The molecule has 2 aliphatic heterocycles. The summed E-state index contributed by atoms with van der Waals surface area (Å²) in [5.74, 6) is -2.06. The highest BCUT2D eigenvalue weighted by atomic mass is 32.1. The van der Waals surface area contributed by atoms with E-state index in [1.165, 1.54) is 4.90 Å². The second-order valence-electron chi connectivity index (χ2n) is 6.62. The van der Waals surface area contributed by atoms with Crippen LogP contribution >= 0.6 is 12.6 Å². The van der Waals surface area contributed by atoms with Crippen molar-refractivity contribution in [1.82, 2.24) is 4.90 Å². The predicted molar refractivity (Wildman–Crippen MR) is 81.7 cm³/mol. The lowest BCUT2D eigenvalue weighted by atomic mass is 9.95. The molecule has 3 rings (SSSR count). The molecule has 4 atom stereocenters. The molecule has 1 N–H and O–H groups in total. The van der Waals surface area contributed by atoms with Gasteiger partial charge in [-0.25, -0.2) is 4.79 Å². The topological polar surface area (TPSA) is 76.1 Å². The Bertz CT molecular complexity index is 457. The number of carboxylic acids is 1. The lowest BCUT2D eigenvalue weighted by Gasteiger charge is -2.25.